The van der Waals surface area contributed by atoms with Gasteiger partial charge in [0.15, 0.2) is 9.84 Å². The monoisotopic (exact) mass is 240 g/mol. The summed E-state index contributed by atoms with van der Waals surface area (Å²) in [6.45, 7) is 0. The fourth-order valence-electron chi connectivity index (χ4n) is 2.10. The number of anilines is 1. The van der Waals surface area contributed by atoms with Gasteiger partial charge in [-0.25, -0.2) is 13.4 Å². The fraction of sp³-hybridized carbons (Fsp3) is 0.545. The second-order valence-electron chi connectivity index (χ2n) is 4.31. The molecule has 5 heteroatoms. The lowest BCUT2D eigenvalue weighted by molar-refractivity contribution is 0.601. The van der Waals surface area contributed by atoms with Crippen LogP contribution in [0.5, 0.6) is 0 Å². The molecule has 16 heavy (non-hydrogen) atoms. The summed E-state index contributed by atoms with van der Waals surface area (Å²) in [6.07, 6.45) is 6.36. The number of hydrogen-bond donors (Lipinski definition) is 1. The summed E-state index contributed by atoms with van der Waals surface area (Å²) in [5, 5.41) is 0. The molecular weight excluding hydrogens is 224 g/mol. The first-order valence-corrected chi connectivity index (χ1v) is 7.36. The fourth-order valence-corrected chi connectivity index (χ4v) is 2.88. The van der Waals surface area contributed by atoms with Crippen molar-refractivity contribution in [1.29, 1.82) is 0 Å². The zero-order valence-corrected chi connectivity index (χ0v) is 10.2. The van der Waals surface area contributed by atoms with Gasteiger partial charge in [-0.05, 0) is 37.3 Å². The molecule has 2 N–H and O–H groups in total. The topological polar surface area (TPSA) is 73.0 Å². The van der Waals surface area contributed by atoms with Crippen molar-refractivity contribution in [2.75, 3.05) is 12.0 Å². The van der Waals surface area contributed by atoms with E-state index in [-0.39, 0.29) is 10.7 Å². The number of aromatic nitrogens is 1. The summed E-state index contributed by atoms with van der Waals surface area (Å²) in [5.41, 5.74) is 7.71. The van der Waals surface area contributed by atoms with Gasteiger partial charge in [-0.15, -0.1) is 0 Å². The zero-order chi connectivity index (χ0) is 11.8. The van der Waals surface area contributed by atoms with Crippen LogP contribution in [-0.4, -0.2) is 19.7 Å². The Morgan fingerprint density at radius 2 is 1.94 bits per heavy atom. The van der Waals surface area contributed by atoms with Crippen LogP contribution in [0.15, 0.2) is 11.0 Å². The van der Waals surface area contributed by atoms with Crippen molar-refractivity contribution in [3.8, 4) is 0 Å². The number of rotatable bonds is 1. The number of fused-ring (bicyclic) bond motifs is 1. The van der Waals surface area contributed by atoms with E-state index >= 15 is 0 Å². The van der Waals surface area contributed by atoms with Gasteiger partial charge in [-0.2, -0.15) is 0 Å². The highest BCUT2D eigenvalue weighted by atomic mass is 32.2. The van der Waals surface area contributed by atoms with Crippen molar-refractivity contribution in [2.24, 2.45) is 0 Å². The molecule has 1 aromatic rings. The molecule has 0 bridgehead atoms. The highest BCUT2D eigenvalue weighted by Gasteiger charge is 2.18. The Labute approximate surface area is 95.8 Å². The maximum absolute atomic E-state index is 11.5. The highest BCUT2D eigenvalue weighted by Crippen LogP contribution is 2.25. The Kier molecular flexibility index (Phi) is 2.88. The van der Waals surface area contributed by atoms with Crippen molar-refractivity contribution in [2.45, 2.75) is 37.0 Å². The van der Waals surface area contributed by atoms with Crippen LogP contribution >= 0.6 is 0 Å². The molecule has 1 aliphatic rings. The molecule has 88 valence electrons. The molecule has 0 spiro atoms. The number of nitrogens with two attached hydrogens (primary N) is 1. The third-order valence-corrected chi connectivity index (χ3v) is 4.07. The molecule has 0 saturated carbocycles. The summed E-state index contributed by atoms with van der Waals surface area (Å²) in [6, 6.07) is 1.71. The van der Waals surface area contributed by atoms with Crippen LogP contribution in [0.4, 0.5) is 5.82 Å². The van der Waals surface area contributed by atoms with Gasteiger partial charge in [0, 0.05) is 11.9 Å². The van der Waals surface area contributed by atoms with Gasteiger partial charge in [-0.3, -0.25) is 0 Å². The van der Waals surface area contributed by atoms with E-state index in [1.165, 1.54) is 12.7 Å². The smallest absolute Gasteiger partial charge is 0.179 e. The third kappa shape index (κ3) is 2.19. The van der Waals surface area contributed by atoms with E-state index in [0.717, 1.165) is 36.9 Å². The molecule has 0 saturated heterocycles. The number of sulfone groups is 1. The normalized spacial score (nSPS) is 16.6. The molecule has 0 radical (unpaired) electrons. The van der Waals surface area contributed by atoms with Crippen LogP contribution in [-0.2, 0) is 22.7 Å². The minimum atomic E-state index is -3.27. The van der Waals surface area contributed by atoms with Crippen molar-refractivity contribution in [3.05, 3.63) is 17.3 Å². The summed E-state index contributed by atoms with van der Waals surface area (Å²) in [7, 11) is -3.27. The number of nitrogen functional groups attached to an aromatic ring is 1. The molecule has 0 atom stereocenters. The summed E-state index contributed by atoms with van der Waals surface area (Å²) >= 11 is 0. The van der Waals surface area contributed by atoms with Crippen LogP contribution in [0, 0.1) is 0 Å². The molecule has 0 amide bonds. The predicted molar refractivity (Wildman–Crippen MR) is 63.0 cm³/mol. The number of pyridine rings is 1. The largest absolute Gasteiger partial charge is 0.383 e. The van der Waals surface area contributed by atoms with E-state index in [4.69, 9.17) is 5.73 Å². The molecule has 1 heterocycles. The standard InChI is InChI=1S/C11H16N2O2S/c1-16(14,15)10-7-8-5-3-2-4-6-9(8)13-11(10)12/h7H,2-6H2,1H3,(H2,12,13). The molecule has 1 aliphatic carbocycles. The van der Waals surface area contributed by atoms with Gasteiger partial charge in [0.1, 0.15) is 10.7 Å². The average Bonchev–Trinajstić information content (AvgIpc) is 2.39. The van der Waals surface area contributed by atoms with Crippen LogP contribution in [0.25, 0.3) is 0 Å². The van der Waals surface area contributed by atoms with E-state index in [0.29, 0.717) is 0 Å². The molecule has 1 aromatic heterocycles. The van der Waals surface area contributed by atoms with E-state index < -0.39 is 9.84 Å². The molecule has 0 fully saturated rings. The van der Waals surface area contributed by atoms with Crippen LogP contribution in [0.1, 0.15) is 30.5 Å². The lowest BCUT2D eigenvalue weighted by Crippen LogP contribution is -2.08. The maximum Gasteiger partial charge on any atom is 0.179 e. The van der Waals surface area contributed by atoms with Crippen LogP contribution in [0.3, 0.4) is 0 Å². The molecular formula is C11H16N2O2S. The van der Waals surface area contributed by atoms with Gasteiger partial charge in [0.2, 0.25) is 0 Å². The van der Waals surface area contributed by atoms with Crippen LogP contribution in [0.2, 0.25) is 0 Å². The Morgan fingerprint density at radius 3 is 2.62 bits per heavy atom. The quantitative estimate of drug-likeness (QED) is 0.752. The van der Waals surface area contributed by atoms with E-state index in [2.05, 4.69) is 4.98 Å². The van der Waals surface area contributed by atoms with Crippen LogP contribution < -0.4 is 5.73 Å². The Hall–Kier alpha value is -1.10. The minimum absolute atomic E-state index is 0.142. The Bertz CT molecular complexity index is 509. The first-order chi connectivity index (χ1) is 7.48. The lowest BCUT2D eigenvalue weighted by Gasteiger charge is -2.09. The highest BCUT2D eigenvalue weighted by molar-refractivity contribution is 7.90. The van der Waals surface area contributed by atoms with Gasteiger partial charge in [0.05, 0.1) is 0 Å². The average molecular weight is 240 g/mol. The SMILES string of the molecule is CS(=O)(=O)c1cc2c(nc1N)CCCCC2. The first kappa shape index (κ1) is 11.4. The molecule has 0 aromatic carbocycles. The van der Waals surface area contributed by atoms with Gasteiger partial charge >= 0.3 is 0 Å². The molecule has 0 unspecified atom stereocenters. The second-order valence-corrected chi connectivity index (χ2v) is 6.29. The maximum atomic E-state index is 11.5. The van der Waals surface area contributed by atoms with Crippen molar-refractivity contribution in [1.82, 2.24) is 4.98 Å². The minimum Gasteiger partial charge on any atom is -0.383 e. The van der Waals surface area contributed by atoms with Gasteiger partial charge in [0.25, 0.3) is 0 Å². The summed E-state index contributed by atoms with van der Waals surface area (Å²) < 4.78 is 23.0. The number of aryl methyl sites for hydroxylation is 2. The molecule has 2 rings (SSSR count). The predicted octanol–water partition coefficient (Wildman–Crippen LogP) is 1.34. The van der Waals surface area contributed by atoms with Gasteiger partial charge < -0.3 is 5.73 Å². The van der Waals surface area contributed by atoms with Crippen molar-refractivity contribution < 1.29 is 8.42 Å². The Balaban J connectivity index is 2.56. The van der Waals surface area contributed by atoms with E-state index in [9.17, 15) is 8.42 Å². The summed E-state index contributed by atoms with van der Waals surface area (Å²) in [4.78, 5) is 4.41. The van der Waals surface area contributed by atoms with Crippen molar-refractivity contribution >= 4 is 15.7 Å². The second kappa shape index (κ2) is 4.05. The molecule has 0 aliphatic heterocycles. The lowest BCUT2D eigenvalue weighted by atomic mass is 10.1. The zero-order valence-electron chi connectivity index (χ0n) is 9.36. The third-order valence-electron chi connectivity index (χ3n) is 2.94. The van der Waals surface area contributed by atoms with E-state index in [1.807, 2.05) is 0 Å². The number of hydrogen-bond acceptors (Lipinski definition) is 4. The molecule has 4 nitrogen and oxygen atoms in total. The summed E-state index contributed by atoms with van der Waals surface area (Å²) in [5.74, 6) is 0.142. The Morgan fingerprint density at radius 1 is 1.25 bits per heavy atom. The van der Waals surface area contributed by atoms with Crippen molar-refractivity contribution in [3.63, 3.8) is 0 Å². The van der Waals surface area contributed by atoms with Gasteiger partial charge in [-0.1, -0.05) is 6.42 Å². The number of nitrogens with zero attached hydrogens (tertiary/aromatic N) is 1. The first-order valence-electron chi connectivity index (χ1n) is 5.47. The van der Waals surface area contributed by atoms with E-state index in [1.54, 1.807) is 6.07 Å².